The summed E-state index contributed by atoms with van der Waals surface area (Å²) in [5.74, 6) is 0.915. The first-order chi connectivity index (χ1) is 11.0. The molecule has 1 N–H and O–H groups in total. The van der Waals surface area contributed by atoms with Crippen molar-refractivity contribution in [3.8, 4) is 11.5 Å². The molecule has 3 rings (SSSR count). The van der Waals surface area contributed by atoms with Gasteiger partial charge in [0.1, 0.15) is 0 Å². The number of likely N-dealkylation sites (N-methyl/N-ethyl adjacent to an activating group) is 1. The van der Waals surface area contributed by atoms with Gasteiger partial charge in [0, 0.05) is 24.7 Å². The molecule has 1 aromatic carbocycles. The molecular weight excluding hydrogens is 294 g/mol. The van der Waals surface area contributed by atoms with Gasteiger partial charge in [0.05, 0.1) is 5.60 Å². The van der Waals surface area contributed by atoms with Crippen molar-refractivity contribution in [3.05, 3.63) is 35.7 Å². The molecule has 6 nitrogen and oxygen atoms in total. The summed E-state index contributed by atoms with van der Waals surface area (Å²) in [5.41, 5.74) is 0.624. The SMILES string of the molecule is Cc1noc(-c2ccc(C(=O)N(C)CC3(O)CCCC3)cc2)n1. The molecule has 6 heteroatoms. The number of rotatable bonds is 4. The standard InChI is InChI=1S/C17H21N3O3/c1-12-18-15(23-19-12)13-5-7-14(8-6-13)16(21)20(2)11-17(22)9-3-4-10-17/h5-8,22H,3-4,9-11H2,1-2H3. The van der Waals surface area contributed by atoms with Crippen LogP contribution in [0, 0.1) is 6.92 Å². The van der Waals surface area contributed by atoms with Gasteiger partial charge in [-0.05, 0) is 44.0 Å². The van der Waals surface area contributed by atoms with Crippen molar-refractivity contribution < 1.29 is 14.4 Å². The lowest BCUT2D eigenvalue weighted by atomic mass is 10.0. The Morgan fingerprint density at radius 2 is 1.96 bits per heavy atom. The first-order valence-corrected chi connectivity index (χ1v) is 7.85. The predicted octanol–water partition coefficient (Wildman–Crippen LogP) is 2.42. The van der Waals surface area contributed by atoms with Crippen molar-refractivity contribution in [2.24, 2.45) is 0 Å². The molecule has 122 valence electrons. The van der Waals surface area contributed by atoms with Crippen LogP contribution in [0.15, 0.2) is 28.8 Å². The third-order valence-corrected chi connectivity index (χ3v) is 4.32. The van der Waals surface area contributed by atoms with Crippen molar-refractivity contribution in [2.75, 3.05) is 13.6 Å². The summed E-state index contributed by atoms with van der Waals surface area (Å²) in [6, 6.07) is 7.06. The van der Waals surface area contributed by atoms with Crippen LogP contribution in [0.2, 0.25) is 0 Å². The highest BCUT2D eigenvalue weighted by molar-refractivity contribution is 5.94. The van der Waals surface area contributed by atoms with Crippen LogP contribution in [-0.4, -0.2) is 45.2 Å². The minimum absolute atomic E-state index is 0.0985. The number of amides is 1. The van der Waals surface area contributed by atoms with Gasteiger partial charge < -0.3 is 14.5 Å². The van der Waals surface area contributed by atoms with E-state index < -0.39 is 5.60 Å². The number of aryl methyl sites for hydroxylation is 1. The van der Waals surface area contributed by atoms with Crippen LogP contribution in [0.5, 0.6) is 0 Å². The summed E-state index contributed by atoms with van der Waals surface area (Å²) in [5, 5.41) is 14.2. The quantitative estimate of drug-likeness (QED) is 0.937. The summed E-state index contributed by atoms with van der Waals surface area (Å²) in [4.78, 5) is 18.2. The summed E-state index contributed by atoms with van der Waals surface area (Å²) in [6.07, 6.45) is 3.58. The Hall–Kier alpha value is -2.21. The van der Waals surface area contributed by atoms with Crippen LogP contribution in [0.4, 0.5) is 0 Å². The summed E-state index contributed by atoms with van der Waals surface area (Å²) in [7, 11) is 1.73. The van der Waals surface area contributed by atoms with E-state index in [4.69, 9.17) is 4.52 Å². The van der Waals surface area contributed by atoms with Crippen molar-refractivity contribution in [1.82, 2.24) is 15.0 Å². The lowest BCUT2D eigenvalue weighted by molar-refractivity contribution is 0.0157. The Morgan fingerprint density at radius 3 is 2.52 bits per heavy atom. The largest absolute Gasteiger partial charge is 0.388 e. The Morgan fingerprint density at radius 1 is 1.30 bits per heavy atom. The minimum Gasteiger partial charge on any atom is -0.388 e. The molecule has 1 amide bonds. The number of aliphatic hydroxyl groups is 1. The van der Waals surface area contributed by atoms with Crippen LogP contribution < -0.4 is 0 Å². The van der Waals surface area contributed by atoms with E-state index in [1.807, 2.05) is 0 Å². The van der Waals surface area contributed by atoms with Crippen LogP contribution >= 0.6 is 0 Å². The average Bonchev–Trinajstić information content (AvgIpc) is 3.15. The molecule has 0 atom stereocenters. The highest BCUT2D eigenvalue weighted by Gasteiger charge is 2.33. The number of nitrogens with zero attached hydrogens (tertiary/aromatic N) is 3. The molecule has 0 spiro atoms. The molecule has 2 aromatic rings. The number of aromatic nitrogens is 2. The number of hydrogen-bond acceptors (Lipinski definition) is 5. The van der Waals surface area contributed by atoms with Gasteiger partial charge in [-0.2, -0.15) is 4.98 Å². The molecule has 0 radical (unpaired) electrons. The topological polar surface area (TPSA) is 79.5 Å². The molecular formula is C17H21N3O3. The van der Waals surface area contributed by atoms with E-state index in [1.165, 1.54) is 0 Å². The van der Waals surface area contributed by atoms with E-state index in [0.717, 1.165) is 31.2 Å². The van der Waals surface area contributed by atoms with Crippen LogP contribution in [0.3, 0.4) is 0 Å². The minimum atomic E-state index is -0.731. The lowest BCUT2D eigenvalue weighted by Crippen LogP contribution is -2.42. The van der Waals surface area contributed by atoms with Gasteiger partial charge in [-0.1, -0.05) is 18.0 Å². The predicted molar refractivity (Wildman–Crippen MR) is 84.8 cm³/mol. The number of carbonyl (C=O) groups is 1. The van der Waals surface area contributed by atoms with E-state index >= 15 is 0 Å². The van der Waals surface area contributed by atoms with Gasteiger partial charge in [0.2, 0.25) is 0 Å². The van der Waals surface area contributed by atoms with E-state index in [-0.39, 0.29) is 5.91 Å². The molecule has 1 fully saturated rings. The maximum absolute atomic E-state index is 12.5. The summed E-state index contributed by atoms with van der Waals surface area (Å²) >= 11 is 0. The van der Waals surface area contributed by atoms with Crippen LogP contribution in [0.25, 0.3) is 11.5 Å². The molecule has 1 saturated carbocycles. The zero-order valence-corrected chi connectivity index (χ0v) is 13.5. The van der Waals surface area contributed by atoms with Gasteiger partial charge in [-0.15, -0.1) is 0 Å². The molecule has 1 heterocycles. The normalized spacial score (nSPS) is 16.5. The van der Waals surface area contributed by atoms with E-state index in [0.29, 0.717) is 23.8 Å². The number of carbonyl (C=O) groups excluding carboxylic acids is 1. The van der Waals surface area contributed by atoms with E-state index in [1.54, 1.807) is 43.1 Å². The Bertz CT molecular complexity index is 687. The fraction of sp³-hybridized carbons (Fsp3) is 0.471. The smallest absolute Gasteiger partial charge is 0.257 e. The Kier molecular flexibility index (Phi) is 4.17. The number of benzene rings is 1. The summed E-state index contributed by atoms with van der Waals surface area (Å²) < 4.78 is 5.11. The first-order valence-electron chi connectivity index (χ1n) is 7.85. The number of hydrogen-bond donors (Lipinski definition) is 1. The third kappa shape index (κ3) is 3.42. The highest BCUT2D eigenvalue weighted by Crippen LogP contribution is 2.30. The molecule has 0 saturated heterocycles. The van der Waals surface area contributed by atoms with Gasteiger partial charge in [-0.3, -0.25) is 4.79 Å². The maximum Gasteiger partial charge on any atom is 0.257 e. The lowest BCUT2D eigenvalue weighted by Gasteiger charge is -2.28. The van der Waals surface area contributed by atoms with Gasteiger partial charge in [0.15, 0.2) is 5.82 Å². The molecule has 0 unspecified atom stereocenters. The Labute approximate surface area is 135 Å². The fourth-order valence-electron chi connectivity index (χ4n) is 3.09. The zero-order chi connectivity index (χ0) is 16.4. The van der Waals surface area contributed by atoms with Crippen LogP contribution in [0.1, 0.15) is 41.9 Å². The average molecular weight is 315 g/mol. The third-order valence-electron chi connectivity index (χ3n) is 4.32. The van der Waals surface area contributed by atoms with Crippen molar-refractivity contribution in [3.63, 3.8) is 0 Å². The zero-order valence-electron chi connectivity index (χ0n) is 13.5. The second-order valence-corrected chi connectivity index (χ2v) is 6.32. The van der Waals surface area contributed by atoms with Crippen molar-refractivity contribution in [1.29, 1.82) is 0 Å². The van der Waals surface area contributed by atoms with Crippen LogP contribution in [-0.2, 0) is 0 Å². The Balaban J connectivity index is 1.69. The van der Waals surface area contributed by atoms with Crippen molar-refractivity contribution in [2.45, 2.75) is 38.2 Å². The summed E-state index contributed by atoms with van der Waals surface area (Å²) in [6.45, 7) is 2.13. The molecule has 1 aromatic heterocycles. The second-order valence-electron chi connectivity index (χ2n) is 6.32. The highest BCUT2D eigenvalue weighted by atomic mass is 16.5. The monoisotopic (exact) mass is 315 g/mol. The fourth-order valence-corrected chi connectivity index (χ4v) is 3.09. The molecule has 1 aliphatic rings. The van der Waals surface area contributed by atoms with E-state index in [9.17, 15) is 9.90 Å². The maximum atomic E-state index is 12.5. The molecule has 0 bridgehead atoms. The second kappa shape index (κ2) is 6.12. The van der Waals surface area contributed by atoms with Gasteiger partial charge >= 0.3 is 0 Å². The molecule has 1 aliphatic carbocycles. The van der Waals surface area contributed by atoms with Gasteiger partial charge in [0.25, 0.3) is 11.8 Å². The van der Waals surface area contributed by atoms with Crippen molar-refractivity contribution >= 4 is 5.91 Å². The van der Waals surface area contributed by atoms with Gasteiger partial charge in [-0.25, -0.2) is 0 Å². The van der Waals surface area contributed by atoms with E-state index in [2.05, 4.69) is 10.1 Å². The molecule has 0 aliphatic heterocycles. The molecule has 23 heavy (non-hydrogen) atoms. The first kappa shape index (κ1) is 15.7.